The summed E-state index contributed by atoms with van der Waals surface area (Å²) in [4.78, 5) is 0. The maximum Gasteiger partial charge on any atom is -0.00394 e. The minimum absolute atomic E-state index is 0.393. The molecule has 2 aliphatic carbocycles. The highest BCUT2D eigenvalue weighted by molar-refractivity contribution is 5.27. The molecule has 0 nitrogen and oxygen atoms in total. The topological polar surface area (TPSA) is 0 Å². The highest BCUT2D eigenvalue weighted by Crippen LogP contribution is 2.65. The Bertz CT molecular complexity index is 243. The molecule has 2 saturated carbocycles. The molecule has 3 atom stereocenters. The Morgan fingerprint density at radius 2 is 1.92 bits per heavy atom. The number of hydrogen-bond acceptors (Lipinski definition) is 0. The van der Waals surface area contributed by atoms with E-state index in [1.165, 1.54) is 19.3 Å². The summed E-state index contributed by atoms with van der Waals surface area (Å²) in [6, 6.07) is 0. The molecular weight excluding hydrogens is 156 g/mol. The standard InChI is InChI=1S/C13H22/c1-9-10-6-7-11(8-10)13(9,5)12(2,3)4/h10-11H,1,6-8H2,2-5H3. The van der Waals surface area contributed by atoms with Gasteiger partial charge in [-0.2, -0.15) is 0 Å². The summed E-state index contributed by atoms with van der Waals surface area (Å²) in [5, 5.41) is 0. The van der Waals surface area contributed by atoms with Crippen molar-refractivity contribution in [3.8, 4) is 0 Å². The number of rotatable bonds is 0. The van der Waals surface area contributed by atoms with Gasteiger partial charge in [0.2, 0.25) is 0 Å². The van der Waals surface area contributed by atoms with Crippen LogP contribution in [0, 0.1) is 22.7 Å². The van der Waals surface area contributed by atoms with Crippen molar-refractivity contribution in [1.82, 2.24) is 0 Å². The molecule has 2 bridgehead atoms. The highest BCUT2D eigenvalue weighted by Gasteiger charge is 2.55. The second kappa shape index (κ2) is 2.40. The van der Waals surface area contributed by atoms with Crippen LogP contribution in [0.15, 0.2) is 12.2 Å². The molecule has 2 fully saturated rings. The molecule has 0 radical (unpaired) electrons. The molecule has 0 heterocycles. The van der Waals surface area contributed by atoms with Gasteiger partial charge in [-0.05, 0) is 41.9 Å². The molecule has 0 aliphatic heterocycles. The fraction of sp³-hybridized carbons (Fsp3) is 0.846. The van der Waals surface area contributed by atoms with Crippen molar-refractivity contribution in [2.45, 2.75) is 47.0 Å². The molecular formula is C13H22. The Hall–Kier alpha value is -0.260. The third-order valence-corrected chi connectivity index (χ3v) is 4.97. The SMILES string of the molecule is C=C1C2CCC(C2)C1(C)C(C)(C)C. The Morgan fingerprint density at radius 1 is 1.31 bits per heavy atom. The molecule has 2 rings (SSSR count). The predicted octanol–water partition coefficient (Wildman–Crippen LogP) is 4.02. The third kappa shape index (κ3) is 0.978. The molecule has 74 valence electrons. The maximum absolute atomic E-state index is 4.36. The molecule has 0 saturated heterocycles. The molecule has 0 aromatic heterocycles. The van der Waals surface area contributed by atoms with Crippen LogP contribution < -0.4 is 0 Å². The van der Waals surface area contributed by atoms with Gasteiger partial charge in [-0.15, -0.1) is 0 Å². The summed E-state index contributed by atoms with van der Waals surface area (Å²) in [7, 11) is 0. The van der Waals surface area contributed by atoms with E-state index in [0.29, 0.717) is 10.8 Å². The van der Waals surface area contributed by atoms with E-state index >= 15 is 0 Å². The van der Waals surface area contributed by atoms with E-state index < -0.39 is 0 Å². The fourth-order valence-corrected chi connectivity index (χ4v) is 3.60. The second-order valence-corrected chi connectivity index (χ2v) is 6.18. The molecule has 0 aromatic carbocycles. The van der Waals surface area contributed by atoms with Gasteiger partial charge in [0.25, 0.3) is 0 Å². The summed E-state index contributed by atoms with van der Waals surface area (Å²) in [5.41, 5.74) is 2.36. The van der Waals surface area contributed by atoms with Crippen molar-refractivity contribution >= 4 is 0 Å². The molecule has 0 heteroatoms. The van der Waals surface area contributed by atoms with E-state index in [1.807, 2.05) is 0 Å². The average molecular weight is 178 g/mol. The second-order valence-electron chi connectivity index (χ2n) is 6.18. The predicted molar refractivity (Wildman–Crippen MR) is 57.5 cm³/mol. The molecule has 3 unspecified atom stereocenters. The van der Waals surface area contributed by atoms with Crippen molar-refractivity contribution in [1.29, 1.82) is 0 Å². The summed E-state index contributed by atoms with van der Waals surface area (Å²) in [6.07, 6.45) is 4.28. The summed E-state index contributed by atoms with van der Waals surface area (Å²) in [6.45, 7) is 13.9. The van der Waals surface area contributed by atoms with Gasteiger partial charge in [0, 0.05) is 0 Å². The van der Waals surface area contributed by atoms with Crippen molar-refractivity contribution < 1.29 is 0 Å². The zero-order valence-electron chi connectivity index (χ0n) is 9.48. The van der Waals surface area contributed by atoms with Gasteiger partial charge < -0.3 is 0 Å². The number of fused-ring (bicyclic) bond motifs is 2. The van der Waals surface area contributed by atoms with E-state index in [0.717, 1.165) is 11.8 Å². The van der Waals surface area contributed by atoms with Gasteiger partial charge >= 0.3 is 0 Å². The summed E-state index contributed by atoms with van der Waals surface area (Å²) < 4.78 is 0. The van der Waals surface area contributed by atoms with Crippen LogP contribution in [-0.4, -0.2) is 0 Å². The van der Waals surface area contributed by atoms with Crippen molar-refractivity contribution in [2.24, 2.45) is 22.7 Å². The van der Waals surface area contributed by atoms with Crippen LogP contribution in [0.2, 0.25) is 0 Å². The summed E-state index contributed by atoms with van der Waals surface area (Å²) in [5.74, 6) is 1.78. The Balaban J connectivity index is 2.39. The molecule has 0 spiro atoms. The minimum atomic E-state index is 0.393. The molecule has 13 heavy (non-hydrogen) atoms. The highest BCUT2D eigenvalue weighted by atomic mass is 14.6. The zero-order chi connectivity index (χ0) is 9.85. The Labute approximate surface area is 82.4 Å². The lowest BCUT2D eigenvalue weighted by Crippen LogP contribution is -2.39. The van der Waals surface area contributed by atoms with E-state index in [9.17, 15) is 0 Å². The van der Waals surface area contributed by atoms with E-state index in [2.05, 4.69) is 34.3 Å². The van der Waals surface area contributed by atoms with Crippen molar-refractivity contribution in [2.75, 3.05) is 0 Å². The van der Waals surface area contributed by atoms with Gasteiger partial charge in [-0.3, -0.25) is 0 Å². The van der Waals surface area contributed by atoms with E-state index in [4.69, 9.17) is 0 Å². The Morgan fingerprint density at radius 3 is 2.23 bits per heavy atom. The average Bonchev–Trinajstić information content (AvgIpc) is 2.53. The minimum Gasteiger partial charge on any atom is -0.0990 e. The van der Waals surface area contributed by atoms with Crippen molar-refractivity contribution in [3.63, 3.8) is 0 Å². The van der Waals surface area contributed by atoms with Crippen LogP contribution in [0.4, 0.5) is 0 Å². The van der Waals surface area contributed by atoms with Gasteiger partial charge in [0.05, 0.1) is 0 Å². The van der Waals surface area contributed by atoms with Gasteiger partial charge in [-0.1, -0.05) is 39.8 Å². The summed E-state index contributed by atoms with van der Waals surface area (Å²) >= 11 is 0. The smallest absolute Gasteiger partial charge is 0.00394 e. The fourth-order valence-electron chi connectivity index (χ4n) is 3.60. The van der Waals surface area contributed by atoms with Crippen LogP contribution >= 0.6 is 0 Å². The normalized spacial score (nSPS) is 44.5. The third-order valence-electron chi connectivity index (χ3n) is 4.97. The lowest BCUT2D eigenvalue weighted by atomic mass is 9.58. The van der Waals surface area contributed by atoms with Crippen LogP contribution in [0.5, 0.6) is 0 Å². The zero-order valence-corrected chi connectivity index (χ0v) is 9.48. The molecule has 0 aromatic rings. The van der Waals surface area contributed by atoms with Crippen LogP contribution in [-0.2, 0) is 0 Å². The van der Waals surface area contributed by atoms with Gasteiger partial charge in [0.15, 0.2) is 0 Å². The van der Waals surface area contributed by atoms with Crippen LogP contribution in [0.3, 0.4) is 0 Å². The quantitative estimate of drug-likeness (QED) is 0.491. The number of hydrogen-bond donors (Lipinski definition) is 0. The largest absolute Gasteiger partial charge is 0.0990 e. The molecule has 0 N–H and O–H groups in total. The molecule has 2 aliphatic rings. The maximum atomic E-state index is 4.36. The van der Waals surface area contributed by atoms with Crippen LogP contribution in [0.1, 0.15) is 47.0 Å². The first kappa shape index (κ1) is 9.30. The lowest BCUT2D eigenvalue weighted by Gasteiger charge is -2.47. The monoisotopic (exact) mass is 178 g/mol. The van der Waals surface area contributed by atoms with Gasteiger partial charge in [-0.25, -0.2) is 0 Å². The van der Waals surface area contributed by atoms with E-state index in [-0.39, 0.29) is 0 Å². The Kier molecular flexibility index (Phi) is 1.72. The van der Waals surface area contributed by atoms with Crippen molar-refractivity contribution in [3.05, 3.63) is 12.2 Å². The first-order chi connectivity index (χ1) is 5.87. The van der Waals surface area contributed by atoms with Gasteiger partial charge in [0.1, 0.15) is 0 Å². The first-order valence-electron chi connectivity index (χ1n) is 5.56. The number of allylic oxidation sites excluding steroid dienone is 1. The van der Waals surface area contributed by atoms with Crippen LogP contribution in [0.25, 0.3) is 0 Å². The lowest BCUT2D eigenvalue weighted by molar-refractivity contribution is 0.0885. The first-order valence-corrected chi connectivity index (χ1v) is 5.56. The molecule has 0 amide bonds. The van der Waals surface area contributed by atoms with E-state index in [1.54, 1.807) is 5.57 Å².